The molecule has 0 aliphatic rings. The molecular formula is C16H20BrNOS. The summed E-state index contributed by atoms with van der Waals surface area (Å²) in [5.41, 5.74) is 2.71. The van der Waals surface area contributed by atoms with Crippen LogP contribution in [-0.4, -0.2) is 7.11 Å². The van der Waals surface area contributed by atoms with Crippen molar-refractivity contribution >= 4 is 27.3 Å². The number of benzene rings is 1. The highest BCUT2D eigenvalue weighted by molar-refractivity contribution is 9.10. The lowest BCUT2D eigenvalue weighted by Gasteiger charge is -2.15. The zero-order valence-corrected chi connectivity index (χ0v) is 14.5. The van der Waals surface area contributed by atoms with Crippen LogP contribution >= 0.6 is 27.3 Å². The van der Waals surface area contributed by atoms with Crippen molar-refractivity contribution in [3.05, 3.63) is 50.1 Å². The summed E-state index contributed by atoms with van der Waals surface area (Å²) in [6.07, 6.45) is 1.10. The molecule has 0 fully saturated rings. The highest BCUT2D eigenvalue weighted by Gasteiger charge is 2.09. The molecule has 0 amide bonds. The molecule has 0 spiro atoms. The van der Waals surface area contributed by atoms with Crippen molar-refractivity contribution in [1.82, 2.24) is 5.32 Å². The van der Waals surface area contributed by atoms with Crippen molar-refractivity contribution in [3.8, 4) is 5.75 Å². The molecule has 2 rings (SSSR count). The van der Waals surface area contributed by atoms with Crippen LogP contribution in [0.5, 0.6) is 5.75 Å². The van der Waals surface area contributed by atoms with E-state index in [2.05, 4.69) is 58.7 Å². The first kappa shape index (κ1) is 15.5. The molecule has 1 unspecified atom stereocenters. The van der Waals surface area contributed by atoms with Gasteiger partial charge in [-0.3, -0.25) is 0 Å². The van der Waals surface area contributed by atoms with Gasteiger partial charge in [0.15, 0.2) is 0 Å². The van der Waals surface area contributed by atoms with E-state index >= 15 is 0 Å². The quantitative estimate of drug-likeness (QED) is 0.794. The van der Waals surface area contributed by atoms with Crippen LogP contribution in [0.1, 0.15) is 35.9 Å². The standard InChI is InChI=1S/C16H20BrNOS/c1-4-12-7-8-20-16(12)10-18-11(2)13-5-6-15(19-3)14(17)9-13/h5-9,11,18H,4,10H2,1-3H3. The number of nitrogens with one attached hydrogen (secondary N) is 1. The maximum Gasteiger partial charge on any atom is 0.133 e. The number of halogens is 1. The van der Waals surface area contributed by atoms with E-state index in [0.717, 1.165) is 23.2 Å². The summed E-state index contributed by atoms with van der Waals surface area (Å²) >= 11 is 5.37. The second-order valence-corrected chi connectivity index (χ2v) is 6.57. The van der Waals surface area contributed by atoms with Gasteiger partial charge in [-0.2, -0.15) is 0 Å². The monoisotopic (exact) mass is 353 g/mol. The molecule has 1 heterocycles. The minimum atomic E-state index is 0.309. The van der Waals surface area contributed by atoms with Crippen LogP contribution in [0.15, 0.2) is 34.1 Å². The topological polar surface area (TPSA) is 21.3 Å². The highest BCUT2D eigenvalue weighted by atomic mass is 79.9. The fourth-order valence-corrected chi connectivity index (χ4v) is 3.64. The molecule has 1 atom stereocenters. The Morgan fingerprint density at radius 1 is 1.35 bits per heavy atom. The second kappa shape index (κ2) is 7.25. The summed E-state index contributed by atoms with van der Waals surface area (Å²) in [6, 6.07) is 8.75. The zero-order valence-electron chi connectivity index (χ0n) is 12.1. The van der Waals surface area contributed by atoms with E-state index in [9.17, 15) is 0 Å². The molecule has 20 heavy (non-hydrogen) atoms. The molecule has 0 saturated carbocycles. The third kappa shape index (κ3) is 3.62. The van der Waals surface area contributed by atoms with Gasteiger partial charge in [0.05, 0.1) is 11.6 Å². The number of hydrogen-bond acceptors (Lipinski definition) is 3. The minimum absolute atomic E-state index is 0.309. The van der Waals surface area contributed by atoms with Gasteiger partial charge in [-0.15, -0.1) is 11.3 Å². The Morgan fingerprint density at radius 3 is 2.80 bits per heavy atom. The van der Waals surface area contributed by atoms with Gasteiger partial charge in [0, 0.05) is 17.5 Å². The number of ether oxygens (including phenoxy) is 1. The first-order valence-electron chi connectivity index (χ1n) is 6.77. The number of hydrogen-bond donors (Lipinski definition) is 1. The van der Waals surface area contributed by atoms with Crippen LogP contribution in [0.3, 0.4) is 0 Å². The zero-order chi connectivity index (χ0) is 14.5. The third-order valence-corrected chi connectivity index (χ3v) is 5.05. The predicted octanol–water partition coefficient (Wildman–Crippen LogP) is 4.93. The van der Waals surface area contributed by atoms with Crippen LogP contribution in [0.25, 0.3) is 0 Å². The maximum atomic E-state index is 5.26. The summed E-state index contributed by atoms with van der Waals surface area (Å²) < 4.78 is 6.26. The van der Waals surface area contributed by atoms with Gasteiger partial charge in [-0.25, -0.2) is 0 Å². The minimum Gasteiger partial charge on any atom is -0.496 e. The molecule has 0 saturated heterocycles. The molecule has 2 nitrogen and oxygen atoms in total. The van der Waals surface area contributed by atoms with Crippen LogP contribution in [0, 0.1) is 0 Å². The van der Waals surface area contributed by atoms with Gasteiger partial charge in [0.2, 0.25) is 0 Å². The maximum absolute atomic E-state index is 5.26. The number of thiophene rings is 1. The third-order valence-electron chi connectivity index (χ3n) is 3.46. The molecule has 1 aromatic carbocycles. The molecule has 2 aromatic rings. The second-order valence-electron chi connectivity index (χ2n) is 4.72. The lowest BCUT2D eigenvalue weighted by Crippen LogP contribution is -2.18. The van der Waals surface area contributed by atoms with E-state index in [4.69, 9.17) is 4.74 Å². The van der Waals surface area contributed by atoms with Crippen molar-refractivity contribution < 1.29 is 4.74 Å². The van der Waals surface area contributed by atoms with Crippen molar-refractivity contribution in [2.45, 2.75) is 32.9 Å². The van der Waals surface area contributed by atoms with Gasteiger partial charge in [-0.05, 0) is 64.0 Å². The molecule has 0 bridgehead atoms. The van der Waals surface area contributed by atoms with E-state index in [0.29, 0.717) is 6.04 Å². The Kier molecular flexibility index (Phi) is 5.64. The van der Waals surface area contributed by atoms with E-state index in [1.807, 2.05) is 17.4 Å². The summed E-state index contributed by atoms with van der Waals surface area (Å²) in [4.78, 5) is 1.44. The van der Waals surface area contributed by atoms with Gasteiger partial charge >= 0.3 is 0 Å². The molecule has 0 aliphatic carbocycles. The number of rotatable bonds is 6. The first-order valence-corrected chi connectivity index (χ1v) is 8.45. The number of methoxy groups -OCH3 is 1. The van der Waals surface area contributed by atoms with Crippen molar-refractivity contribution in [2.24, 2.45) is 0 Å². The average Bonchev–Trinajstić information content (AvgIpc) is 2.92. The van der Waals surface area contributed by atoms with Crippen LogP contribution < -0.4 is 10.1 Å². The molecule has 4 heteroatoms. The van der Waals surface area contributed by atoms with E-state index in [1.165, 1.54) is 16.0 Å². The van der Waals surface area contributed by atoms with Crippen molar-refractivity contribution in [3.63, 3.8) is 0 Å². The Hall–Kier alpha value is -0.840. The molecule has 1 aromatic heterocycles. The largest absolute Gasteiger partial charge is 0.496 e. The Labute approximate surface area is 133 Å². The van der Waals surface area contributed by atoms with Crippen LogP contribution in [0.4, 0.5) is 0 Å². The first-order chi connectivity index (χ1) is 9.65. The Bertz CT molecular complexity index is 567. The highest BCUT2D eigenvalue weighted by Crippen LogP contribution is 2.28. The lowest BCUT2D eigenvalue weighted by molar-refractivity contribution is 0.411. The molecule has 0 aliphatic heterocycles. The van der Waals surface area contributed by atoms with Gasteiger partial charge in [0.1, 0.15) is 5.75 Å². The number of aryl methyl sites for hydroxylation is 1. The van der Waals surface area contributed by atoms with E-state index < -0.39 is 0 Å². The van der Waals surface area contributed by atoms with E-state index in [1.54, 1.807) is 7.11 Å². The Balaban J connectivity index is 2.01. The van der Waals surface area contributed by atoms with Gasteiger partial charge < -0.3 is 10.1 Å². The fraction of sp³-hybridized carbons (Fsp3) is 0.375. The predicted molar refractivity (Wildman–Crippen MR) is 89.6 cm³/mol. The molecule has 1 N–H and O–H groups in total. The molecular weight excluding hydrogens is 334 g/mol. The SMILES string of the molecule is CCc1ccsc1CNC(C)c1ccc(OC)c(Br)c1. The summed E-state index contributed by atoms with van der Waals surface area (Å²) in [7, 11) is 1.69. The van der Waals surface area contributed by atoms with Gasteiger partial charge in [0.25, 0.3) is 0 Å². The molecule has 0 radical (unpaired) electrons. The average molecular weight is 354 g/mol. The van der Waals surface area contributed by atoms with E-state index in [-0.39, 0.29) is 0 Å². The van der Waals surface area contributed by atoms with Crippen molar-refractivity contribution in [2.75, 3.05) is 7.11 Å². The summed E-state index contributed by atoms with van der Waals surface area (Å²) in [5, 5.41) is 5.76. The van der Waals surface area contributed by atoms with Crippen molar-refractivity contribution in [1.29, 1.82) is 0 Å². The normalized spacial score (nSPS) is 12.4. The lowest BCUT2D eigenvalue weighted by atomic mass is 10.1. The summed E-state index contributed by atoms with van der Waals surface area (Å²) in [5.74, 6) is 0.868. The van der Waals surface area contributed by atoms with Crippen LogP contribution in [0.2, 0.25) is 0 Å². The Morgan fingerprint density at radius 2 is 2.15 bits per heavy atom. The fourth-order valence-electron chi connectivity index (χ4n) is 2.15. The van der Waals surface area contributed by atoms with Crippen LogP contribution in [-0.2, 0) is 13.0 Å². The molecule has 108 valence electrons. The summed E-state index contributed by atoms with van der Waals surface area (Å²) in [6.45, 7) is 5.31. The van der Waals surface area contributed by atoms with Gasteiger partial charge in [-0.1, -0.05) is 13.0 Å². The smallest absolute Gasteiger partial charge is 0.133 e.